The quantitative estimate of drug-likeness (QED) is 0.934. The zero-order valence-electron chi connectivity index (χ0n) is 13.2. The van der Waals surface area contributed by atoms with Crippen LogP contribution in [0.4, 0.5) is 19.0 Å². The summed E-state index contributed by atoms with van der Waals surface area (Å²) in [5, 5.41) is 10.6. The lowest BCUT2D eigenvalue weighted by atomic mass is 9.92. The number of alkyl halides is 3. The number of pyridine rings is 1. The predicted octanol–water partition coefficient (Wildman–Crippen LogP) is 2.78. The number of hydrogen-bond acceptors (Lipinski definition) is 4. The summed E-state index contributed by atoms with van der Waals surface area (Å²) in [5.41, 5.74) is -0.897. The number of nitrogens with zero attached hydrogens (tertiary/aromatic N) is 4. The number of anilines is 1. The summed E-state index contributed by atoms with van der Waals surface area (Å²) in [6, 6.07) is 3.91. The van der Waals surface area contributed by atoms with Crippen LogP contribution >= 0.6 is 0 Å². The van der Waals surface area contributed by atoms with Crippen LogP contribution in [0, 0.1) is 5.92 Å². The fraction of sp³-hybridized carbons (Fsp3) is 0.500. The molecule has 3 heterocycles. The van der Waals surface area contributed by atoms with E-state index in [0.717, 1.165) is 18.9 Å². The van der Waals surface area contributed by atoms with Crippen molar-refractivity contribution in [3.8, 4) is 0 Å². The molecule has 5 nitrogen and oxygen atoms in total. The van der Waals surface area contributed by atoms with E-state index in [4.69, 9.17) is 0 Å². The lowest BCUT2D eigenvalue weighted by molar-refractivity contribution is -0.141. The van der Waals surface area contributed by atoms with Crippen LogP contribution in [0.25, 0.3) is 0 Å². The van der Waals surface area contributed by atoms with Gasteiger partial charge in [0.15, 0.2) is 0 Å². The van der Waals surface area contributed by atoms with E-state index in [1.54, 1.807) is 35.0 Å². The molecule has 2 aromatic rings. The van der Waals surface area contributed by atoms with E-state index >= 15 is 0 Å². The van der Waals surface area contributed by atoms with Crippen LogP contribution in [0.5, 0.6) is 0 Å². The molecule has 2 aromatic heterocycles. The Labute approximate surface area is 137 Å². The zero-order chi connectivity index (χ0) is 17.3. The monoisotopic (exact) mass is 340 g/mol. The molecule has 0 bridgehead atoms. The molecule has 0 amide bonds. The molecule has 2 atom stereocenters. The highest BCUT2D eigenvalue weighted by molar-refractivity contribution is 5.40. The molecule has 24 heavy (non-hydrogen) atoms. The Balaban J connectivity index is 1.78. The topological polar surface area (TPSA) is 54.2 Å². The van der Waals surface area contributed by atoms with E-state index in [2.05, 4.69) is 9.97 Å². The number of aliphatic hydroxyl groups excluding tert-OH is 1. The Morgan fingerprint density at radius 2 is 2.12 bits per heavy atom. The number of hydrogen-bond donors (Lipinski definition) is 1. The molecule has 0 radical (unpaired) electrons. The van der Waals surface area contributed by atoms with Crippen molar-refractivity contribution >= 4 is 5.82 Å². The second-order valence-corrected chi connectivity index (χ2v) is 6.07. The van der Waals surface area contributed by atoms with E-state index in [1.165, 1.54) is 6.07 Å². The van der Waals surface area contributed by atoms with Gasteiger partial charge in [0.2, 0.25) is 0 Å². The maximum Gasteiger partial charge on any atom is 0.433 e. The minimum Gasteiger partial charge on any atom is -0.385 e. The van der Waals surface area contributed by atoms with Crippen LogP contribution in [0.2, 0.25) is 0 Å². The highest BCUT2D eigenvalue weighted by Gasteiger charge is 2.34. The highest BCUT2D eigenvalue weighted by atomic mass is 19.4. The molecule has 1 saturated heterocycles. The molecular weight excluding hydrogens is 321 g/mol. The van der Waals surface area contributed by atoms with E-state index in [-0.39, 0.29) is 5.92 Å². The zero-order valence-corrected chi connectivity index (χ0v) is 13.2. The van der Waals surface area contributed by atoms with Gasteiger partial charge >= 0.3 is 6.18 Å². The fourth-order valence-electron chi connectivity index (χ4n) is 3.11. The van der Waals surface area contributed by atoms with Gasteiger partial charge in [-0.1, -0.05) is 6.07 Å². The first-order chi connectivity index (χ1) is 11.4. The highest BCUT2D eigenvalue weighted by Crippen LogP contribution is 2.32. The van der Waals surface area contributed by atoms with Crippen molar-refractivity contribution in [3.05, 3.63) is 42.1 Å². The third-order valence-corrected chi connectivity index (χ3v) is 4.38. The standard InChI is InChI=1S/C16H19F3N4O/c1-22-9-7-20-15(22)14(24)11-4-3-8-23(10-11)13-6-2-5-12(21-13)16(17,18)19/h2,5-7,9,11,14,24H,3-4,8,10H2,1H3. The molecule has 0 aromatic carbocycles. The van der Waals surface area contributed by atoms with Gasteiger partial charge in [0.1, 0.15) is 23.4 Å². The summed E-state index contributed by atoms with van der Waals surface area (Å²) in [6.07, 6.45) is -0.259. The summed E-state index contributed by atoms with van der Waals surface area (Å²) in [5.74, 6) is 0.761. The van der Waals surface area contributed by atoms with Crippen molar-refractivity contribution in [1.29, 1.82) is 0 Å². The molecule has 130 valence electrons. The van der Waals surface area contributed by atoms with E-state index in [1.807, 2.05) is 0 Å². The average molecular weight is 340 g/mol. The molecule has 1 fully saturated rings. The Bertz CT molecular complexity index is 701. The third kappa shape index (κ3) is 3.38. The Morgan fingerprint density at radius 3 is 2.79 bits per heavy atom. The molecule has 1 aliphatic rings. The number of halogens is 3. The van der Waals surface area contributed by atoms with Crippen molar-refractivity contribution < 1.29 is 18.3 Å². The molecule has 8 heteroatoms. The van der Waals surface area contributed by atoms with Crippen molar-refractivity contribution in [3.63, 3.8) is 0 Å². The lowest BCUT2D eigenvalue weighted by Gasteiger charge is -2.35. The van der Waals surface area contributed by atoms with Crippen LogP contribution in [-0.4, -0.2) is 32.7 Å². The normalized spacial score (nSPS) is 20.2. The first-order valence-corrected chi connectivity index (χ1v) is 7.81. The third-order valence-electron chi connectivity index (χ3n) is 4.38. The van der Waals surface area contributed by atoms with Crippen LogP contribution in [0.15, 0.2) is 30.6 Å². The summed E-state index contributed by atoms with van der Waals surface area (Å²) in [6.45, 7) is 1.07. The van der Waals surface area contributed by atoms with Gasteiger partial charge in [-0.25, -0.2) is 9.97 Å². The lowest BCUT2D eigenvalue weighted by Crippen LogP contribution is -2.39. The number of aryl methyl sites for hydroxylation is 1. The molecule has 1 N–H and O–H groups in total. The second-order valence-electron chi connectivity index (χ2n) is 6.07. The van der Waals surface area contributed by atoms with E-state index in [9.17, 15) is 18.3 Å². The van der Waals surface area contributed by atoms with Crippen LogP contribution in [0.3, 0.4) is 0 Å². The fourth-order valence-corrected chi connectivity index (χ4v) is 3.11. The van der Waals surface area contributed by atoms with Crippen LogP contribution < -0.4 is 4.90 Å². The summed E-state index contributed by atoms with van der Waals surface area (Å²) in [4.78, 5) is 9.71. The van der Waals surface area contributed by atoms with Gasteiger partial charge in [0.05, 0.1) is 0 Å². The summed E-state index contributed by atoms with van der Waals surface area (Å²) >= 11 is 0. The SMILES string of the molecule is Cn1ccnc1C(O)C1CCCN(c2cccc(C(F)(F)F)n2)C1. The Morgan fingerprint density at radius 1 is 1.33 bits per heavy atom. The number of piperidine rings is 1. The van der Waals surface area contributed by atoms with Gasteiger partial charge in [0.25, 0.3) is 0 Å². The van der Waals surface area contributed by atoms with E-state index in [0.29, 0.717) is 24.7 Å². The van der Waals surface area contributed by atoms with Crippen molar-refractivity contribution in [2.24, 2.45) is 13.0 Å². The van der Waals surface area contributed by atoms with Crippen molar-refractivity contribution in [2.45, 2.75) is 25.1 Å². The van der Waals surface area contributed by atoms with Gasteiger partial charge in [-0.05, 0) is 25.0 Å². The first kappa shape index (κ1) is 16.8. The van der Waals surface area contributed by atoms with Gasteiger partial charge in [0, 0.05) is 38.4 Å². The largest absolute Gasteiger partial charge is 0.433 e. The average Bonchev–Trinajstić information content (AvgIpc) is 3.00. The molecule has 0 aliphatic carbocycles. The molecule has 0 saturated carbocycles. The Hall–Kier alpha value is -2.09. The van der Waals surface area contributed by atoms with Gasteiger partial charge in [-0.2, -0.15) is 13.2 Å². The minimum absolute atomic E-state index is 0.101. The van der Waals surface area contributed by atoms with Crippen LogP contribution in [-0.2, 0) is 13.2 Å². The van der Waals surface area contributed by atoms with Crippen molar-refractivity contribution in [2.75, 3.05) is 18.0 Å². The van der Waals surface area contributed by atoms with Crippen LogP contribution in [0.1, 0.15) is 30.5 Å². The summed E-state index contributed by atoms with van der Waals surface area (Å²) in [7, 11) is 1.81. The number of aromatic nitrogens is 3. The van der Waals surface area contributed by atoms with Gasteiger partial charge in [-0.3, -0.25) is 0 Å². The van der Waals surface area contributed by atoms with Crippen molar-refractivity contribution in [1.82, 2.24) is 14.5 Å². The van der Waals surface area contributed by atoms with E-state index < -0.39 is 18.0 Å². The first-order valence-electron chi connectivity index (χ1n) is 7.81. The number of imidazole rings is 1. The smallest absolute Gasteiger partial charge is 0.385 e. The summed E-state index contributed by atoms with van der Waals surface area (Å²) < 4.78 is 40.3. The molecule has 2 unspecified atom stereocenters. The molecular formula is C16H19F3N4O. The number of aliphatic hydroxyl groups is 1. The minimum atomic E-state index is -4.46. The number of rotatable bonds is 3. The maximum absolute atomic E-state index is 12.8. The second kappa shape index (κ2) is 6.43. The molecule has 3 rings (SSSR count). The molecule has 1 aliphatic heterocycles. The van der Waals surface area contributed by atoms with Gasteiger partial charge < -0.3 is 14.6 Å². The maximum atomic E-state index is 12.8. The Kier molecular flexibility index (Phi) is 4.49. The predicted molar refractivity (Wildman–Crippen MR) is 82.3 cm³/mol. The van der Waals surface area contributed by atoms with Gasteiger partial charge in [-0.15, -0.1) is 0 Å². The molecule has 0 spiro atoms.